The van der Waals surface area contributed by atoms with E-state index in [9.17, 15) is 13.2 Å². The predicted octanol–water partition coefficient (Wildman–Crippen LogP) is 4.19. The third kappa shape index (κ3) is 5.51. The number of hydrogen-bond donors (Lipinski definition) is 2. The lowest BCUT2D eigenvalue weighted by Gasteiger charge is -2.27. The van der Waals surface area contributed by atoms with Crippen molar-refractivity contribution in [2.45, 2.75) is 76.2 Å². The molecular formula is C25H33NO5S. The molecule has 0 spiro atoms. The molecule has 0 saturated carbocycles. The summed E-state index contributed by atoms with van der Waals surface area (Å²) in [7, 11) is -3.73. The van der Waals surface area contributed by atoms with Crippen molar-refractivity contribution in [2.75, 3.05) is 6.61 Å². The average molecular weight is 460 g/mol. The van der Waals surface area contributed by atoms with Gasteiger partial charge in [0.2, 0.25) is 10.0 Å². The van der Waals surface area contributed by atoms with Gasteiger partial charge in [-0.2, -0.15) is 0 Å². The molecule has 174 valence electrons. The number of carbonyl (C=O) groups is 1. The van der Waals surface area contributed by atoms with E-state index in [1.54, 1.807) is 18.2 Å². The van der Waals surface area contributed by atoms with Crippen molar-refractivity contribution >= 4 is 16.0 Å². The maximum absolute atomic E-state index is 13.4. The molecule has 0 amide bonds. The Morgan fingerprint density at radius 1 is 1.00 bits per heavy atom. The molecule has 6 nitrogen and oxygen atoms in total. The number of ether oxygens (including phenoxy) is 1. The number of aliphatic carboxylic acids is 1. The fourth-order valence-corrected chi connectivity index (χ4v) is 5.65. The van der Waals surface area contributed by atoms with Gasteiger partial charge in [-0.25, -0.2) is 17.9 Å². The van der Waals surface area contributed by atoms with Crippen LogP contribution in [0.5, 0.6) is 5.75 Å². The van der Waals surface area contributed by atoms with Crippen LogP contribution >= 0.6 is 0 Å². The van der Waals surface area contributed by atoms with Crippen LogP contribution < -0.4 is 9.46 Å². The minimum Gasteiger partial charge on any atom is -0.482 e. The van der Waals surface area contributed by atoms with Gasteiger partial charge in [0.1, 0.15) is 5.75 Å². The monoisotopic (exact) mass is 459 g/mol. The van der Waals surface area contributed by atoms with E-state index in [0.717, 1.165) is 22.3 Å². The first-order valence-electron chi connectivity index (χ1n) is 10.8. The summed E-state index contributed by atoms with van der Waals surface area (Å²) in [6.45, 7) is 12.0. The minimum atomic E-state index is -3.73. The number of rotatable bonds is 6. The summed E-state index contributed by atoms with van der Waals surface area (Å²) in [5.74, 6) is -0.564. The molecular weight excluding hydrogens is 426 g/mol. The van der Waals surface area contributed by atoms with Crippen LogP contribution in [0.4, 0.5) is 0 Å². The van der Waals surface area contributed by atoms with Crippen molar-refractivity contribution in [3.05, 3.63) is 58.7 Å². The summed E-state index contributed by atoms with van der Waals surface area (Å²) in [5.41, 5.74) is 3.50. The molecule has 7 heteroatoms. The summed E-state index contributed by atoms with van der Waals surface area (Å²) >= 11 is 0. The molecule has 2 aromatic rings. The first-order valence-corrected chi connectivity index (χ1v) is 12.3. The Hall–Kier alpha value is -2.38. The van der Waals surface area contributed by atoms with Crippen molar-refractivity contribution in [1.82, 2.24) is 4.72 Å². The van der Waals surface area contributed by atoms with Crippen LogP contribution in [-0.2, 0) is 38.5 Å². The zero-order valence-corrected chi connectivity index (χ0v) is 20.5. The first-order chi connectivity index (χ1) is 14.7. The minimum absolute atomic E-state index is 0.0801. The zero-order valence-electron chi connectivity index (χ0n) is 19.7. The van der Waals surface area contributed by atoms with Crippen LogP contribution in [0.25, 0.3) is 0 Å². The van der Waals surface area contributed by atoms with Gasteiger partial charge in [-0.15, -0.1) is 0 Å². The lowest BCUT2D eigenvalue weighted by Crippen LogP contribution is -2.36. The zero-order chi connectivity index (χ0) is 23.9. The molecule has 0 aromatic heterocycles. The Kier molecular flexibility index (Phi) is 6.46. The van der Waals surface area contributed by atoms with E-state index in [0.29, 0.717) is 23.5 Å². The Bertz CT molecular complexity index is 1120. The van der Waals surface area contributed by atoms with E-state index >= 15 is 0 Å². The van der Waals surface area contributed by atoms with Crippen molar-refractivity contribution in [1.29, 1.82) is 0 Å². The Balaban J connectivity index is 1.84. The number of nitrogens with one attached hydrogen (secondary N) is 1. The van der Waals surface area contributed by atoms with E-state index in [1.807, 2.05) is 39.0 Å². The second kappa shape index (κ2) is 8.52. The quantitative estimate of drug-likeness (QED) is 0.676. The number of benzene rings is 2. The molecule has 2 N–H and O–H groups in total. The maximum Gasteiger partial charge on any atom is 0.341 e. The maximum atomic E-state index is 13.4. The third-order valence-electron chi connectivity index (χ3n) is 5.74. The van der Waals surface area contributed by atoms with Crippen LogP contribution in [0, 0.1) is 0 Å². The SMILES string of the molecule is CC(C)(C)c1ccc(S(=O)(=O)NC2Cc3ccc(OCC(=O)O)cc3C2)c(C(C)(C)C)c1. The highest BCUT2D eigenvalue weighted by Gasteiger charge is 2.31. The Morgan fingerprint density at radius 3 is 2.25 bits per heavy atom. The highest BCUT2D eigenvalue weighted by Crippen LogP contribution is 2.34. The molecule has 0 heterocycles. The van der Waals surface area contributed by atoms with Crippen molar-refractivity contribution < 1.29 is 23.1 Å². The Labute approximate surface area is 191 Å². The fourth-order valence-electron chi connectivity index (χ4n) is 4.01. The second-order valence-corrected chi connectivity index (χ2v) is 12.2. The van der Waals surface area contributed by atoms with Crippen LogP contribution in [0.1, 0.15) is 63.8 Å². The lowest BCUT2D eigenvalue weighted by atomic mass is 9.81. The van der Waals surface area contributed by atoms with Crippen LogP contribution in [0.15, 0.2) is 41.3 Å². The first kappa shape index (κ1) is 24.3. The summed E-state index contributed by atoms with van der Waals surface area (Å²) in [6, 6.07) is 10.8. The van der Waals surface area contributed by atoms with Gasteiger partial charge in [0.15, 0.2) is 6.61 Å². The number of sulfonamides is 1. The van der Waals surface area contributed by atoms with Gasteiger partial charge in [-0.3, -0.25) is 0 Å². The number of carboxylic acid groups (broad SMARTS) is 1. The van der Waals surface area contributed by atoms with Crippen molar-refractivity contribution in [3.8, 4) is 5.75 Å². The molecule has 1 aliphatic carbocycles. The fraction of sp³-hybridized carbons (Fsp3) is 0.480. The van der Waals surface area contributed by atoms with Gasteiger partial charge in [0.25, 0.3) is 0 Å². The summed E-state index contributed by atoms with van der Waals surface area (Å²) in [5, 5.41) is 8.79. The van der Waals surface area contributed by atoms with Gasteiger partial charge in [0, 0.05) is 6.04 Å². The molecule has 1 unspecified atom stereocenters. The summed E-state index contributed by atoms with van der Waals surface area (Å²) in [6.07, 6.45) is 1.11. The molecule has 0 bridgehead atoms. The molecule has 32 heavy (non-hydrogen) atoms. The number of carboxylic acids is 1. The third-order valence-corrected chi connectivity index (χ3v) is 7.32. The lowest BCUT2D eigenvalue weighted by molar-refractivity contribution is -0.139. The molecule has 0 aliphatic heterocycles. The second-order valence-electron chi connectivity index (χ2n) is 10.6. The van der Waals surface area contributed by atoms with Gasteiger partial charge in [0.05, 0.1) is 4.90 Å². The smallest absolute Gasteiger partial charge is 0.341 e. The van der Waals surface area contributed by atoms with Gasteiger partial charge >= 0.3 is 5.97 Å². The molecule has 1 aliphatic rings. The van der Waals surface area contributed by atoms with Crippen LogP contribution in [-0.4, -0.2) is 32.1 Å². The van der Waals surface area contributed by atoms with E-state index in [1.165, 1.54) is 0 Å². The standard InChI is InChI=1S/C25H33NO5S/c1-24(2,3)18-8-10-22(21(14-18)25(4,5)6)32(29,30)26-19-11-16-7-9-20(13-17(16)12-19)31-15-23(27)28/h7-10,13-14,19,26H,11-12,15H2,1-6H3,(H,27,28). The van der Waals surface area contributed by atoms with E-state index in [-0.39, 0.29) is 16.9 Å². The molecule has 3 rings (SSSR count). The number of fused-ring (bicyclic) bond motifs is 1. The highest BCUT2D eigenvalue weighted by atomic mass is 32.2. The van der Waals surface area contributed by atoms with E-state index in [4.69, 9.17) is 9.84 Å². The van der Waals surface area contributed by atoms with Gasteiger partial charge in [-0.1, -0.05) is 59.7 Å². The molecule has 2 aromatic carbocycles. The van der Waals surface area contributed by atoms with Gasteiger partial charge < -0.3 is 9.84 Å². The topological polar surface area (TPSA) is 92.7 Å². The van der Waals surface area contributed by atoms with E-state index < -0.39 is 22.6 Å². The van der Waals surface area contributed by atoms with Crippen molar-refractivity contribution in [2.24, 2.45) is 0 Å². The molecule has 0 radical (unpaired) electrons. The number of hydrogen-bond acceptors (Lipinski definition) is 4. The summed E-state index contributed by atoms with van der Waals surface area (Å²) < 4.78 is 35.0. The molecule has 0 saturated heterocycles. The summed E-state index contributed by atoms with van der Waals surface area (Å²) in [4.78, 5) is 11.0. The van der Waals surface area contributed by atoms with Gasteiger partial charge in [-0.05, 0) is 64.1 Å². The van der Waals surface area contributed by atoms with Crippen LogP contribution in [0.2, 0.25) is 0 Å². The van der Waals surface area contributed by atoms with Crippen LogP contribution in [0.3, 0.4) is 0 Å². The van der Waals surface area contributed by atoms with E-state index in [2.05, 4.69) is 25.5 Å². The molecule has 0 fully saturated rings. The average Bonchev–Trinajstić information content (AvgIpc) is 3.05. The largest absolute Gasteiger partial charge is 0.482 e. The molecule has 1 atom stereocenters. The highest BCUT2D eigenvalue weighted by molar-refractivity contribution is 7.89. The Morgan fingerprint density at radius 2 is 1.66 bits per heavy atom. The van der Waals surface area contributed by atoms with Crippen molar-refractivity contribution in [3.63, 3.8) is 0 Å². The normalized spacial score (nSPS) is 16.6. The predicted molar refractivity (Wildman–Crippen MR) is 125 cm³/mol.